The minimum atomic E-state index is -0.0352. The fourth-order valence-electron chi connectivity index (χ4n) is 4.35. The molecule has 2 aliphatic heterocycles. The van der Waals surface area contributed by atoms with Gasteiger partial charge in [0.1, 0.15) is 6.33 Å². The van der Waals surface area contributed by atoms with Crippen molar-refractivity contribution in [3.05, 3.63) is 12.7 Å². The van der Waals surface area contributed by atoms with Gasteiger partial charge in [-0.15, -0.1) is 0 Å². The average molecular weight is 388 g/mol. The van der Waals surface area contributed by atoms with Gasteiger partial charge in [0.2, 0.25) is 5.91 Å². The van der Waals surface area contributed by atoms with Crippen LogP contribution in [0.5, 0.6) is 0 Å². The van der Waals surface area contributed by atoms with E-state index in [1.165, 1.54) is 0 Å². The zero-order valence-corrected chi connectivity index (χ0v) is 16.3. The molecule has 4 rings (SSSR count). The molecular weight excluding hydrogens is 360 g/mol. The minimum absolute atomic E-state index is 0.0352. The number of ether oxygens (including phenoxy) is 1. The molecule has 2 N–H and O–H groups in total. The Kier molecular flexibility index (Phi) is 5.72. The summed E-state index contributed by atoms with van der Waals surface area (Å²) in [6.07, 6.45) is 6.15. The third kappa shape index (κ3) is 3.68. The Balaban J connectivity index is 1.57. The Morgan fingerprint density at radius 2 is 2.29 bits per heavy atom. The molecule has 2 aromatic rings. The number of aliphatic hydroxyl groups excluding tert-OH is 1. The molecule has 3 unspecified atom stereocenters. The summed E-state index contributed by atoms with van der Waals surface area (Å²) in [6, 6.07) is 0. The van der Waals surface area contributed by atoms with Gasteiger partial charge >= 0.3 is 0 Å². The highest BCUT2D eigenvalue weighted by atomic mass is 16.5. The first-order chi connectivity index (χ1) is 13.7. The number of rotatable bonds is 6. The topological polar surface area (TPSA) is 105 Å². The van der Waals surface area contributed by atoms with Gasteiger partial charge in [0, 0.05) is 52.4 Å². The molecule has 28 heavy (non-hydrogen) atoms. The van der Waals surface area contributed by atoms with E-state index in [1.807, 2.05) is 4.57 Å². The van der Waals surface area contributed by atoms with E-state index in [9.17, 15) is 9.90 Å². The van der Waals surface area contributed by atoms with Gasteiger partial charge in [0.05, 0.1) is 12.2 Å². The van der Waals surface area contributed by atoms with Crippen molar-refractivity contribution >= 4 is 22.9 Å². The second kappa shape index (κ2) is 8.40. The van der Waals surface area contributed by atoms with E-state index in [2.05, 4.69) is 25.2 Å². The van der Waals surface area contributed by atoms with Crippen molar-refractivity contribution in [1.29, 1.82) is 0 Å². The number of imidazole rings is 1. The summed E-state index contributed by atoms with van der Waals surface area (Å²) in [5, 5.41) is 12.6. The maximum Gasteiger partial charge on any atom is 0.224 e. The molecular formula is C19H28N6O3. The summed E-state index contributed by atoms with van der Waals surface area (Å²) >= 11 is 0. The molecule has 3 atom stereocenters. The summed E-state index contributed by atoms with van der Waals surface area (Å²) in [7, 11) is 1.68. The normalized spacial score (nSPS) is 23.9. The molecule has 9 heteroatoms. The van der Waals surface area contributed by atoms with Crippen LogP contribution in [-0.4, -0.2) is 70.5 Å². The van der Waals surface area contributed by atoms with E-state index in [0.717, 1.165) is 49.4 Å². The number of piperidine rings is 1. The Morgan fingerprint density at radius 1 is 1.39 bits per heavy atom. The molecule has 2 aliphatic rings. The smallest absolute Gasteiger partial charge is 0.224 e. The van der Waals surface area contributed by atoms with E-state index in [1.54, 1.807) is 19.7 Å². The number of amides is 1. The molecule has 0 bridgehead atoms. The molecule has 0 radical (unpaired) electrons. The van der Waals surface area contributed by atoms with Crippen LogP contribution >= 0.6 is 0 Å². The average Bonchev–Trinajstić information content (AvgIpc) is 3.41. The van der Waals surface area contributed by atoms with Crippen LogP contribution in [0.4, 0.5) is 5.82 Å². The third-order valence-electron chi connectivity index (χ3n) is 6.02. The lowest BCUT2D eigenvalue weighted by molar-refractivity contribution is -0.124. The van der Waals surface area contributed by atoms with Gasteiger partial charge in [-0.1, -0.05) is 0 Å². The van der Waals surface area contributed by atoms with Crippen LogP contribution in [0.15, 0.2) is 12.7 Å². The maximum atomic E-state index is 12.1. The standard InChI is InChI=1S/C19H28N6O3/c1-20-19(27)13-3-2-5-24(7-13)17-16-18(22-11-21-17)25(12-23-16)8-15(9-26)14-4-6-28-10-14/h11-15,26H,2-10H2,1H3,(H,20,27). The monoisotopic (exact) mass is 388 g/mol. The number of aromatic nitrogens is 4. The maximum absolute atomic E-state index is 12.1. The molecule has 1 amide bonds. The predicted molar refractivity (Wildman–Crippen MR) is 104 cm³/mol. The van der Waals surface area contributed by atoms with E-state index in [-0.39, 0.29) is 24.3 Å². The van der Waals surface area contributed by atoms with Gasteiger partial charge in [-0.25, -0.2) is 15.0 Å². The Hall–Kier alpha value is -2.26. The summed E-state index contributed by atoms with van der Waals surface area (Å²) in [5.41, 5.74) is 1.52. The van der Waals surface area contributed by atoms with Crippen molar-refractivity contribution in [2.24, 2.45) is 17.8 Å². The van der Waals surface area contributed by atoms with Gasteiger partial charge in [0.15, 0.2) is 17.0 Å². The van der Waals surface area contributed by atoms with E-state index >= 15 is 0 Å². The van der Waals surface area contributed by atoms with E-state index in [0.29, 0.717) is 25.6 Å². The number of nitrogens with one attached hydrogen (secondary N) is 1. The fraction of sp³-hybridized carbons (Fsp3) is 0.684. The van der Waals surface area contributed by atoms with Crippen LogP contribution < -0.4 is 10.2 Å². The number of fused-ring (bicyclic) bond motifs is 1. The van der Waals surface area contributed by atoms with Gasteiger partial charge in [-0.3, -0.25) is 4.79 Å². The summed E-state index contributed by atoms with van der Waals surface area (Å²) in [5.74, 6) is 1.30. The molecule has 152 valence electrons. The Morgan fingerprint density at radius 3 is 3.04 bits per heavy atom. The lowest BCUT2D eigenvalue weighted by atomic mass is 9.92. The molecule has 4 heterocycles. The van der Waals surface area contributed by atoms with Crippen LogP contribution in [0.1, 0.15) is 19.3 Å². The zero-order chi connectivity index (χ0) is 19.5. The summed E-state index contributed by atoms with van der Waals surface area (Å²) in [6.45, 7) is 3.72. The number of carbonyl (C=O) groups is 1. The molecule has 2 fully saturated rings. The van der Waals surface area contributed by atoms with Crippen molar-refractivity contribution in [2.75, 3.05) is 44.9 Å². The number of hydrogen-bond acceptors (Lipinski definition) is 7. The van der Waals surface area contributed by atoms with Crippen LogP contribution in [0, 0.1) is 17.8 Å². The Bertz CT molecular complexity index is 819. The van der Waals surface area contributed by atoms with Gasteiger partial charge in [0.25, 0.3) is 0 Å². The van der Waals surface area contributed by atoms with Crippen LogP contribution in [-0.2, 0) is 16.1 Å². The quantitative estimate of drug-likeness (QED) is 0.739. The first-order valence-electron chi connectivity index (χ1n) is 10.0. The van der Waals surface area contributed by atoms with Crippen LogP contribution in [0.3, 0.4) is 0 Å². The molecule has 2 aromatic heterocycles. The highest BCUT2D eigenvalue weighted by Gasteiger charge is 2.29. The molecule has 0 saturated carbocycles. The summed E-state index contributed by atoms with van der Waals surface area (Å²) < 4.78 is 7.48. The molecule has 0 aromatic carbocycles. The highest BCUT2D eigenvalue weighted by molar-refractivity contribution is 5.84. The third-order valence-corrected chi connectivity index (χ3v) is 6.02. The van der Waals surface area contributed by atoms with E-state index < -0.39 is 0 Å². The first kappa shape index (κ1) is 19.1. The second-order valence-corrected chi connectivity index (χ2v) is 7.73. The van der Waals surface area contributed by atoms with Crippen molar-refractivity contribution in [3.8, 4) is 0 Å². The second-order valence-electron chi connectivity index (χ2n) is 7.73. The molecule has 0 aliphatic carbocycles. The molecule has 2 saturated heterocycles. The van der Waals surface area contributed by atoms with Crippen molar-refractivity contribution in [2.45, 2.75) is 25.8 Å². The SMILES string of the molecule is CNC(=O)C1CCCN(c2ncnc3c2ncn3CC(CO)C2CCOC2)C1. The Labute approximate surface area is 164 Å². The minimum Gasteiger partial charge on any atom is -0.396 e. The fourth-order valence-corrected chi connectivity index (χ4v) is 4.35. The number of nitrogens with zero attached hydrogens (tertiary/aromatic N) is 5. The summed E-state index contributed by atoms with van der Waals surface area (Å²) in [4.78, 5) is 27.7. The van der Waals surface area contributed by atoms with Crippen molar-refractivity contribution < 1.29 is 14.6 Å². The predicted octanol–water partition coefficient (Wildman–Crippen LogP) is 0.434. The van der Waals surface area contributed by atoms with Gasteiger partial charge in [-0.2, -0.15) is 0 Å². The lowest BCUT2D eigenvalue weighted by Crippen LogP contribution is -2.42. The van der Waals surface area contributed by atoms with Gasteiger partial charge in [-0.05, 0) is 25.2 Å². The largest absolute Gasteiger partial charge is 0.396 e. The first-order valence-corrected chi connectivity index (χ1v) is 10.0. The number of carbonyl (C=O) groups excluding carboxylic acids is 1. The molecule has 0 spiro atoms. The number of hydrogen-bond donors (Lipinski definition) is 2. The van der Waals surface area contributed by atoms with E-state index in [4.69, 9.17) is 4.74 Å². The van der Waals surface area contributed by atoms with Crippen LogP contribution in [0.25, 0.3) is 11.2 Å². The zero-order valence-electron chi connectivity index (χ0n) is 16.3. The lowest BCUT2D eigenvalue weighted by Gasteiger charge is -2.32. The molecule has 9 nitrogen and oxygen atoms in total. The van der Waals surface area contributed by atoms with Crippen molar-refractivity contribution in [1.82, 2.24) is 24.8 Å². The highest BCUT2D eigenvalue weighted by Crippen LogP contribution is 2.28. The number of anilines is 1. The van der Waals surface area contributed by atoms with Crippen LogP contribution in [0.2, 0.25) is 0 Å². The van der Waals surface area contributed by atoms with Gasteiger partial charge < -0.3 is 24.6 Å². The number of aliphatic hydroxyl groups is 1. The van der Waals surface area contributed by atoms with Crippen molar-refractivity contribution in [3.63, 3.8) is 0 Å².